The van der Waals surface area contributed by atoms with Gasteiger partial charge in [-0.1, -0.05) is 34.6 Å². The van der Waals surface area contributed by atoms with E-state index in [2.05, 4.69) is 10.6 Å². The van der Waals surface area contributed by atoms with E-state index < -0.39 is 11.0 Å². The number of methoxy groups -OCH3 is 2. The van der Waals surface area contributed by atoms with Gasteiger partial charge in [-0.15, -0.1) is 0 Å². The van der Waals surface area contributed by atoms with E-state index in [4.69, 9.17) is 15.2 Å². The highest BCUT2D eigenvalue weighted by Crippen LogP contribution is 2.34. The van der Waals surface area contributed by atoms with Crippen LogP contribution in [0.25, 0.3) is 0 Å². The fourth-order valence-electron chi connectivity index (χ4n) is 2.33. The highest BCUT2D eigenvalue weighted by molar-refractivity contribution is 6.05. The molecule has 0 aromatic heterocycles. The highest BCUT2D eigenvalue weighted by atomic mass is 16.5. The van der Waals surface area contributed by atoms with Gasteiger partial charge in [-0.25, -0.2) is 0 Å². The number of nitrogens with two attached hydrogens (primary N) is 1. The largest absolute Gasteiger partial charge is 0.493 e. The molecule has 7 nitrogen and oxygen atoms in total. The number of nitrogens with one attached hydrogen (secondary N) is 2. The minimum absolute atomic E-state index is 0.209. The number of hydrogen-bond acceptors (Lipinski definition) is 5. The monoisotopic (exact) mass is 379 g/mol. The molecule has 0 saturated heterocycles. The van der Waals surface area contributed by atoms with Crippen LogP contribution in [0.1, 0.15) is 57.8 Å². The van der Waals surface area contributed by atoms with Crippen molar-refractivity contribution < 1.29 is 19.1 Å². The number of hydrogen-bond donors (Lipinski definition) is 3. The average molecular weight is 380 g/mol. The second-order valence-corrected chi connectivity index (χ2v) is 7.71. The Kier molecular flexibility index (Phi) is 7.65. The van der Waals surface area contributed by atoms with Crippen molar-refractivity contribution in [1.29, 1.82) is 0 Å². The Morgan fingerprint density at radius 3 is 2.00 bits per heavy atom. The molecule has 152 valence electrons. The van der Waals surface area contributed by atoms with E-state index in [0.29, 0.717) is 29.3 Å². The first-order valence-corrected chi connectivity index (χ1v) is 9.15. The summed E-state index contributed by atoms with van der Waals surface area (Å²) in [6.45, 7) is 9.71. The second-order valence-electron chi connectivity index (χ2n) is 7.71. The van der Waals surface area contributed by atoms with Crippen molar-refractivity contribution in [1.82, 2.24) is 5.32 Å². The molecule has 0 bridgehead atoms. The number of amides is 2. The van der Waals surface area contributed by atoms with Crippen molar-refractivity contribution in [2.24, 2.45) is 11.1 Å². The zero-order valence-electron chi connectivity index (χ0n) is 17.5. The molecule has 0 atom stereocenters. The third-order valence-corrected chi connectivity index (χ3v) is 4.71. The minimum atomic E-state index is -0.613. The molecule has 0 radical (unpaired) electrons. The maximum atomic E-state index is 12.8. The summed E-state index contributed by atoms with van der Waals surface area (Å²) in [5.74, 6) is 0.283. The molecule has 1 aromatic carbocycles. The summed E-state index contributed by atoms with van der Waals surface area (Å²) < 4.78 is 10.6. The summed E-state index contributed by atoms with van der Waals surface area (Å²) in [7, 11) is 2.99. The number of carbonyl (C=O) groups excluding carboxylic acids is 2. The topological polar surface area (TPSA) is 103 Å². The van der Waals surface area contributed by atoms with E-state index in [1.807, 2.05) is 13.8 Å². The highest BCUT2D eigenvalue weighted by Gasteiger charge is 2.26. The van der Waals surface area contributed by atoms with E-state index in [0.717, 1.165) is 12.8 Å². The summed E-state index contributed by atoms with van der Waals surface area (Å²) in [5, 5.41) is 5.69. The van der Waals surface area contributed by atoms with Gasteiger partial charge in [0.05, 0.1) is 25.5 Å². The smallest absolute Gasteiger partial charge is 0.253 e. The molecule has 2 amide bonds. The van der Waals surface area contributed by atoms with Gasteiger partial charge in [-0.3, -0.25) is 9.59 Å². The Labute approximate surface area is 162 Å². The standard InChI is InChI=1S/C20H33N3O4/c1-8-20(21,9-2)12-22-17(24)13-10-15(26-6)16(27-7)11-14(13)23-18(25)19(3,4)5/h10-11H,8-9,12,21H2,1-7H3,(H,22,24)(H,23,25). The molecule has 0 spiro atoms. The predicted octanol–water partition coefficient (Wildman–Crippen LogP) is 2.94. The molecule has 0 heterocycles. The summed E-state index contributed by atoms with van der Waals surface area (Å²) in [6.07, 6.45) is 1.48. The van der Waals surface area contributed by atoms with E-state index in [1.54, 1.807) is 32.9 Å². The van der Waals surface area contributed by atoms with Crippen LogP contribution in [0, 0.1) is 5.41 Å². The van der Waals surface area contributed by atoms with Crippen molar-refractivity contribution in [3.05, 3.63) is 17.7 Å². The van der Waals surface area contributed by atoms with Crippen molar-refractivity contribution in [2.45, 2.75) is 53.0 Å². The first-order chi connectivity index (χ1) is 12.5. The van der Waals surface area contributed by atoms with Gasteiger partial charge >= 0.3 is 0 Å². The van der Waals surface area contributed by atoms with E-state index in [-0.39, 0.29) is 11.8 Å². The van der Waals surface area contributed by atoms with Gasteiger partial charge in [0.15, 0.2) is 11.5 Å². The van der Waals surface area contributed by atoms with E-state index in [9.17, 15) is 9.59 Å². The fraction of sp³-hybridized carbons (Fsp3) is 0.600. The zero-order chi connectivity index (χ0) is 20.8. The number of carbonyl (C=O) groups is 2. The maximum Gasteiger partial charge on any atom is 0.253 e. The van der Waals surface area contributed by atoms with Crippen LogP contribution in [0.2, 0.25) is 0 Å². The van der Waals surface area contributed by atoms with Crippen molar-refractivity contribution in [2.75, 3.05) is 26.1 Å². The van der Waals surface area contributed by atoms with Crippen LogP contribution >= 0.6 is 0 Å². The molecular weight excluding hydrogens is 346 g/mol. The van der Waals surface area contributed by atoms with Gasteiger partial charge in [0.25, 0.3) is 5.91 Å². The Balaban J connectivity index is 3.25. The maximum absolute atomic E-state index is 12.8. The first kappa shape index (κ1) is 22.8. The molecule has 0 fully saturated rings. The summed E-state index contributed by atoms with van der Waals surface area (Å²) in [4.78, 5) is 25.3. The molecule has 0 unspecified atom stereocenters. The minimum Gasteiger partial charge on any atom is -0.493 e. The van der Waals surface area contributed by atoms with Gasteiger partial charge in [-0.2, -0.15) is 0 Å². The lowest BCUT2D eigenvalue weighted by Gasteiger charge is -2.27. The van der Waals surface area contributed by atoms with Gasteiger partial charge in [-0.05, 0) is 18.9 Å². The molecule has 0 saturated carbocycles. The normalized spacial score (nSPS) is 11.7. The Hall–Kier alpha value is -2.28. The van der Waals surface area contributed by atoms with Crippen LogP contribution < -0.4 is 25.8 Å². The number of rotatable bonds is 8. The van der Waals surface area contributed by atoms with E-state index in [1.165, 1.54) is 14.2 Å². The lowest BCUT2D eigenvalue weighted by Crippen LogP contribution is -2.49. The van der Waals surface area contributed by atoms with Gasteiger partial charge in [0, 0.05) is 23.6 Å². The molecule has 0 aliphatic rings. The van der Waals surface area contributed by atoms with Crippen LogP contribution in [-0.2, 0) is 4.79 Å². The van der Waals surface area contributed by atoms with Crippen LogP contribution in [0.3, 0.4) is 0 Å². The summed E-state index contributed by atoms with van der Waals surface area (Å²) in [6, 6.07) is 3.15. The van der Waals surface area contributed by atoms with Crippen LogP contribution in [0.4, 0.5) is 5.69 Å². The molecule has 27 heavy (non-hydrogen) atoms. The predicted molar refractivity (Wildman–Crippen MR) is 107 cm³/mol. The number of ether oxygens (including phenoxy) is 2. The third kappa shape index (κ3) is 5.85. The fourth-order valence-corrected chi connectivity index (χ4v) is 2.33. The molecule has 1 rings (SSSR count). The van der Waals surface area contributed by atoms with Gasteiger partial charge in [0.2, 0.25) is 5.91 Å². The molecule has 0 aliphatic heterocycles. The Morgan fingerprint density at radius 2 is 1.56 bits per heavy atom. The number of anilines is 1. The summed E-state index contributed by atoms with van der Waals surface area (Å²) in [5.41, 5.74) is 5.84. The van der Waals surface area contributed by atoms with Crippen LogP contribution in [0.15, 0.2) is 12.1 Å². The van der Waals surface area contributed by atoms with Crippen molar-refractivity contribution in [3.8, 4) is 11.5 Å². The second kappa shape index (κ2) is 9.08. The molecule has 4 N–H and O–H groups in total. The first-order valence-electron chi connectivity index (χ1n) is 9.15. The van der Waals surface area contributed by atoms with Crippen LogP contribution in [-0.4, -0.2) is 38.1 Å². The zero-order valence-corrected chi connectivity index (χ0v) is 17.5. The molecule has 0 aliphatic carbocycles. The molecular formula is C20H33N3O4. The lowest BCUT2D eigenvalue weighted by molar-refractivity contribution is -0.123. The quantitative estimate of drug-likeness (QED) is 0.644. The molecule has 1 aromatic rings. The van der Waals surface area contributed by atoms with Gasteiger partial charge < -0.3 is 25.8 Å². The van der Waals surface area contributed by atoms with E-state index >= 15 is 0 Å². The molecule has 7 heteroatoms. The Bertz CT molecular complexity index is 677. The Morgan fingerprint density at radius 1 is 1.04 bits per heavy atom. The summed E-state index contributed by atoms with van der Waals surface area (Å²) >= 11 is 0. The van der Waals surface area contributed by atoms with Crippen molar-refractivity contribution >= 4 is 17.5 Å². The van der Waals surface area contributed by atoms with Crippen LogP contribution in [0.5, 0.6) is 11.5 Å². The van der Waals surface area contributed by atoms with Gasteiger partial charge in [0.1, 0.15) is 0 Å². The average Bonchev–Trinajstić information content (AvgIpc) is 2.64. The number of benzene rings is 1. The third-order valence-electron chi connectivity index (χ3n) is 4.71. The lowest BCUT2D eigenvalue weighted by atomic mass is 9.94. The van der Waals surface area contributed by atoms with Crippen molar-refractivity contribution in [3.63, 3.8) is 0 Å². The SMILES string of the molecule is CCC(N)(CC)CNC(=O)c1cc(OC)c(OC)cc1NC(=O)C(C)(C)C.